The summed E-state index contributed by atoms with van der Waals surface area (Å²) in [6, 6.07) is 1.81. The number of nitrogens with two attached hydrogens (primary N) is 1. The number of hydrogen-bond acceptors (Lipinski definition) is 5. The number of likely N-dealkylation sites (N-methyl/N-ethyl adjacent to an activating group) is 1. The Kier molecular flexibility index (Phi) is 7.49. The van der Waals surface area contributed by atoms with Gasteiger partial charge in [0.15, 0.2) is 0 Å². The number of amides is 2. The zero-order valence-electron chi connectivity index (χ0n) is 15.5. The molecule has 1 aliphatic heterocycles. The van der Waals surface area contributed by atoms with Gasteiger partial charge in [-0.1, -0.05) is 0 Å². The second kappa shape index (κ2) is 9.46. The largest absolute Gasteiger partial charge is 0.418 e. The Balaban J connectivity index is 2.28. The van der Waals surface area contributed by atoms with Crippen LogP contribution in [0.5, 0.6) is 0 Å². The van der Waals surface area contributed by atoms with E-state index >= 15 is 0 Å². The third kappa shape index (κ3) is 5.84. The van der Waals surface area contributed by atoms with Gasteiger partial charge in [0.25, 0.3) is 12.3 Å². The topological polar surface area (TPSA) is 87.9 Å². The summed E-state index contributed by atoms with van der Waals surface area (Å²) in [5, 5.41) is 2.27. The van der Waals surface area contributed by atoms with Crippen molar-refractivity contribution in [1.29, 1.82) is 0 Å². The molecule has 2 rings (SSSR count). The molecule has 0 bridgehead atoms. The van der Waals surface area contributed by atoms with Crippen LogP contribution in [0.1, 0.15) is 5.56 Å². The molecule has 29 heavy (non-hydrogen) atoms. The van der Waals surface area contributed by atoms with Gasteiger partial charge >= 0.3 is 6.18 Å². The normalized spacial score (nSPS) is 16.4. The number of nitrogens with one attached hydrogen (secondary N) is 1. The Morgan fingerprint density at radius 3 is 2.62 bits per heavy atom. The first kappa shape index (κ1) is 23.0. The van der Waals surface area contributed by atoms with E-state index < -0.39 is 42.6 Å². The fourth-order valence-electron chi connectivity index (χ4n) is 2.91. The predicted molar refractivity (Wildman–Crippen MR) is 94.7 cm³/mol. The van der Waals surface area contributed by atoms with Crippen molar-refractivity contribution in [1.82, 2.24) is 4.90 Å². The van der Waals surface area contributed by atoms with E-state index in [4.69, 9.17) is 10.5 Å². The van der Waals surface area contributed by atoms with Gasteiger partial charge in [-0.3, -0.25) is 14.5 Å². The number of anilines is 2. The molecule has 1 heterocycles. The highest BCUT2D eigenvalue weighted by molar-refractivity contribution is 5.98. The summed E-state index contributed by atoms with van der Waals surface area (Å²) in [7, 11) is 1.26. The molecular weight excluding hydrogens is 403 g/mol. The molecule has 0 radical (unpaired) electrons. The third-order valence-corrected chi connectivity index (χ3v) is 4.33. The van der Waals surface area contributed by atoms with E-state index in [1.54, 1.807) is 0 Å². The Labute approximate surface area is 163 Å². The summed E-state index contributed by atoms with van der Waals surface area (Å²) < 4.78 is 70.6. The van der Waals surface area contributed by atoms with Crippen molar-refractivity contribution in [3.05, 3.63) is 23.8 Å². The molecule has 7 nitrogen and oxygen atoms in total. The molecule has 1 atom stereocenters. The first-order valence-corrected chi connectivity index (χ1v) is 8.63. The number of rotatable bonds is 7. The van der Waals surface area contributed by atoms with Crippen LogP contribution in [0.2, 0.25) is 0 Å². The predicted octanol–water partition coefficient (Wildman–Crippen LogP) is 1.53. The maximum absolute atomic E-state index is 13.6. The van der Waals surface area contributed by atoms with E-state index in [2.05, 4.69) is 5.32 Å². The standard InChI is InChI=1S/C17H21F5N4O3/c1-25(8-14(18)19)13(7-23)16(28)24-10-2-3-12(11(6-10)17(20,21)22)26-4-5-29-9-15(26)27/h2-3,6,13-14H,4-5,7-9,23H2,1H3,(H,24,28)/t13-/m1/s1. The quantitative estimate of drug-likeness (QED) is 0.649. The number of benzene rings is 1. The molecule has 1 aromatic rings. The van der Waals surface area contributed by atoms with Gasteiger partial charge in [0, 0.05) is 18.8 Å². The van der Waals surface area contributed by atoms with Crippen molar-refractivity contribution in [2.75, 3.05) is 50.1 Å². The number of carbonyl (C=O) groups is 2. The molecule has 1 aliphatic rings. The van der Waals surface area contributed by atoms with E-state index in [1.165, 1.54) is 13.1 Å². The average molecular weight is 424 g/mol. The fraction of sp³-hybridized carbons (Fsp3) is 0.529. The van der Waals surface area contributed by atoms with Gasteiger partial charge in [-0.15, -0.1) is 0 Å². The lowest BCUT2D eigenvalue weighted by Gasteiger charge is -2.30. The minimum Gasteiger partial charge on any atom is -0.370 e. The maximum Gasteiger partial charge on any atom is 0.418 e. The molecule has 3 N–H and O–H groups in total. The van der Waals surface area contributed by atoms with Gasteiger partial charge in [0.05, 0.1) is 24.4 Å². The molecular formula is C17H21F5N4O3. The molecule has 1 aromatic carbocycles. The summed E-state index contributed by atoms with van der Waals surface area (Å²) in [5.41, 5.74) is 3.79. The van der Waals surface area contributed by atoms with E-state index in [-0.39, 0.29) is 37.7 Å². The molecule has 2 amide bonds. The first-order valence-electron chi connectivity index (χ1n) is 8.63. The van der Waals surface area contributed by atoms with Gasteiger partial charge in [-0.2, -0.15) is 13.2 Å². The minimum atomic E-state index is -4.80. The summed E-state index contributed by atoms with van der Waals surface area (Å²) in [5.74, 6) is -1.44. The molecule has 12 heteroatoms. The molecule has 0 aromatic heterocycles. The second-order valence-corrected chi connectivity index (χ2v) is 6.40. The van der Waals surface area contributed by atoms with Crippen molar-refractivity contribution in [3.8, 4) is 0 Å². The van der Waals surface area contributed by atoms with Crippen molar-refractivity contribution in [2.24, 2.45) is 5.73 Å². The number of nitrogens with zero attached hydrogens (tertiary/aromatic N) is 2. The number of ether oxygens (including phenoxy) is 1. The third-order valence-electron chi connectivity index (χ3n) is 4.33. The van der Waals surface area contributed by atoms with Gasteiger partial charge in [-0.05, 0) is 25.2 Å². The fourth-order valence-corrected chi connectivity index (χ4v) is 2.91. The zero-order chi connectivity index (χ0) is 21.8. The van der Waals surface area contributed by atoms with Crippen LogP contribution in [0.25, 0.3) is 0 Å². The van der Waals surface area contributed by atoms with Crippen LogP contribution < -0.4 is 16.0 Å². The average Bonchev–Trinajstić information content (AvgIpc) is 2.61. The zero-order valence-corrected chi connectivity index (χ0v) is 15.5. The maximum atomic E-state index is 13.6. The van der Waals surface area contributed by atoms with Crippen LogP contribution in [0.3, 0.4) is 0 Å². The molecule has 1 fully saturated rings. The van der Waals surface area contributed by atoms with E-state index in [0.717, 1.165) is 15.9 Å². The molecule has 0 saturated carbocycles. The highest BCUT2D eigenvalue weighted by Crippen LogP contribution is 2.38. The van der Waals surface area contributed by atoms with Crippen molar-refractivity contribution >= 4 is 23.2 Å². The van der Waals surface area contributed by atoms with Crippen LogP contribution >= 0.6 is 0 Å². The number of carbonyl (C=O) groups excluding carboxylic acids is 2. The smallest absolute Gasteiger partial charge is 0.370 e. The van der Waals surface area contributed by atoms with Gasteiger partial charge in [-0.25, -0.2) is 8.78 Å². The second-order valence-electron chi connectivity index (χ2n) is 6.40. The SMILES string of the molecule is CN(CC(F)F)[C@H](CN)C(=O)Nc1ccc(N2CCOCC2=O)c(C(F)(F)F)c1. The van der Waals surface area contributed by atoms with Crippen LogP contribution in [0, 0.1) is 0 Å². The number of morpholine rings is 1. The Bertz CT molecular complexity index is 744. The van der Waals surface area contributed by atoms with Crippen LogP contribution in [-0.4, -0.2) is 69.1 Å². The van der Waals surface area contributed by atoms with E-state index in [1.807, 2.05) is 0 Å². The first-order chi connectivity index (χ1) is 13.5. The minimum absolute atomic E-state index is 0.0404. The van der Waals surface area contributed by atoms with Crippen molar-refractivity contribution in [2.45, 2.75) is 18.6 Å². The highest BCUT2D eigenvalue weighted by atomic mass is 19.4. The van der Waals surface area contributed by atoms with E-state index in [9.17, 15) is 31.5 Å². The summed E-state index contributed by atoms with van der Waals surface area (Å²) in [4.78, 5) is 26.2. The van der Waals surface area contributed by atoms with Crippen molar-refractivity contribution < 1.29 is 36.3 Å². The van der Waals surface area contributed by atoms with Crippen molar-refractivity contribution in [3.63, 3.8) is 0 Å². The Morgan fingerprint density at radius 2 is 2.07 bits per heavy atom. The van der Waals surface area contributed by atoms with Gasteiger partial charge in [0.1, 0.15) is 12.6 Å². The number of alkyl halides is 5. The lowest BCUT2D eigenvalue weighted by Crippen LogP contribution is -2.48. The lowest BCUT2D eigenvalue weighted by atomic mass is 10.1. The van der Waals surface area contributed by atoms with E-state index in [0.29, 0.717) is 6.07 Å². The van der Waals surface area contributed by atoms with Crippen LogP contribution in [0.4, 0.5) is 33.3 Å². The summed E-state index contributed by atoms with van der Waals surface area (Å²) >= 11 is 0. The van der Waals surface area contributed by atoms with Crippen LogP contribution in [-0.2, 0) is 20.5 Å². The number of hydrogen-bond donors (Lipinski definition) is 2. The Hall–Kier alpha value is -2.31. The monoisotopic (exact) mass is 424 g/mol. The molecule has 0 unspecified atom stereocenters. The lowest BCUT2D eigenvalue weighted by molar-refractivity contribution is -0.137. The molecule has 162 valence electrons. The molecule has 1 saturated heterocycles. The molecule has 0 aliphatic carbocycles. The summed E-state index contributed by atoms with van der Waals surface area (Å²) in [6.07, 6.45) is -7.50. The van der Waals surface area contributed by atoms with Gasteiger partial charge in [0.2, 0.25) is 5.91 Å². The highest BCUT2D eigenvalue weighted by Gasteiger charge is 2.37. The van der Waals surface area contributed by atoms with Crippen LogP contribution in [0.15, 0.2) is 18.2 Å². The Morgan fingerprint density at radius 1 is 1.38 bits per heavy atom. The number of halogens is 5. The summed E-state index contributed by atoms with van der Waals surface area (Å²) in [6.45, 7) is -1.30. The molecule has 0 spiro atoms. The van der Waals surface area contributed by atoms with Gasteiger partial charge < -0.3 is 20.7 Å².